The van der Waals surface area contributed by atoms with E-state index >= 15 is 0 Å². The molecule has 0 aliphatic rings. The smallest absolute Gasteiger partial charge is 0.276 e. The lowest BCUT2D eigenvalue weighted by Gasteiger charge is -2.00. The van der Waals surface area contributed by atoms with Crippen molar-refractivity contribution >= 4 is 23.1 Å². The zero-order valence-electron chi connectivity index (χ0n) is 10.8. The lowest BCUT2D eigenvalue weighted by Crippen LogP contribution is -2.12. The molecule has 0 fully saturated rings. The number of hydrogen-bond donors (Lipinski definition) is 2. The summed E-state index contributed by atoms with van der Waals surface area (Å²) in [6, 6.07) is 8.18. The number of anilines is 1. The summed E-state index contributed by atoms with van der Waals surface area (Å²) in [6.45, 7) is 0. The van der Waals surface area contributed by atoms with Crippen molar-refractivity contribution in [2.75, 3.05) is 5.32 Å². The topological polar surface area (TPSA) is 70.7 Å². The van der Waals surface area contributed by atoms with Crippen molar-refractivity contribution in [3.05, 3.63) is 64.0 Å². The Bertz CT molecular complexity index is 754. The summed E-state index contributed by atoms with van der Waals surface area (Å²) in [4.78, 5) is 16.2. The van der Waals surface area contributed by atoms with Crippen molar-refractivity contribution in [3.8, 4) is 0 Å². The monoisotopic (exact) mass is 302 g/mol. The van der Waals surface area contributed by atoms with Crippen molar-refractivity contribution in [2.45, 2.75) is 6.42 Å². The maximum absolute atomic E-state index is 13.6. The molecular formula is C14H11FN4OS. The standard InChI is InChI=1S/C14H11FN4OS/c15-10-4-2-1-3-9(10)7-13-17-11(8-21-13)14(20)18-12-5-6-16-19-12/h1-6,8H,7H2,(H2,16,18,19,20). The summed E-state index contributed by atoms with van der Waals surface area (Å²) in [5.41, 5.74) is 0.869. The third kappa shape index (κ3) is 3.14. The molecule has 0 atom stereocenters. The number of carbonyl (C=O) groups excluding carboxylic acids is 1. The SMILES string of the molecule is O=C(Nc1ccn[nH]1)c1csc(Cc2ccccc2F)n1. The molecule has 0 unspecified atom stereocenters. The van der Waals surface area contributed by atoms with Crippen LogP contribution in [0.3, 0.4) is 0 Å². The molecular weight excluding hydrogens is 291 g/mol. The van der Waals surface area contributed by atoms with Gasteiger partial charge in [0.05, 0.1) is 11.2 Å². The number of nitrogens with one attached hydrogen (secondary N) is 2. The van der Waals surface area contributed by atoms with Crippen LogP contribution >= 0.6 is 11.3 Å². The molecule has 1 amide bonds. The number of halogens is 1. The van der Waals surface area contributed by atoms with Crippen molar-refractivity contribution in [2.24, 2.45) is 0 Å². The first-order chi connectivity index (χ1) is 10.2. The number of benzene rings is 1. The number of aromatic nitrogens is 3. The molecule has 5 nitrogen and oxygen atoms in total. The molecule has 2 N–H and O–H groups in total. The maximum atomic E-state index is 13.6. The van der Waals surface area contributed by atoms with E-state index in [1.165, 1.54) is 17.4 Å². The molecule has 0 radical (unpaired) electrons. The summed E-state index contributed by atoms with van der Waals surface area (Å²) in [7, 11) is 0. The zero-order chi connectivity index (χ0) is 14.7. The second-order valence-corrected chi connectivity index (χ2v) is 5.26. The Kier molecular flexibility index (Phi) is 3.74. The minimum atomic E-state index is -0.324. The number of carbonyl (C=O) groups is 1. The molecule has 106 valence electrons. The van der Waals surface area contributed by atoms with E-state index in [9.17, 15) is 9.18 Å². The van der Waals surface area contributed by atoms with Crippen molar-refractivity contribution in [1.29, 1.82) is 0 Å². The number of nitrogens with zero attached hydrogens (tertiary/aromatic N) is 2. The summed E-state index contributed by atoms with van der Waals surface area (Å²) < 4.78 is 13.6. The minimum absolute atomic E-state index is 0.267. The molecule has 3 rings (SSSR count). The quantitative estimate of drug-likeness (QED) is 0.778. The van der Waals surface area contributed by atoms with Crippen LogP contribution in [0.1, 0.15) is 21.1 Å². The van der Waals surface area contributed by atoms with Crippen LogP contribution in [0.25, 0.3) is 0 Å². The molecule has 0 bridgehead atoms. The summed E-state index contributed by atoms with van der Waals surface area (Å²) >= 11 is 1.33. The van der Waals surface area contributed by atoms with Gasteiger partial charge in [-0.15, -0.1) is 11.3 Å². The number of H-pyrrole nitrogens is 1. The summed E-state index contributed by atoms with van der Waals surface area (Å²) in [6.07, 6.45) is 1.91. The van der Waals surface area contributed by atoms with Gasteiger partial charge in [0.25, 0.3) is 5.91 Å². The van der Waals surface area contributed by atoms with E-state index in [4.69, 9.17) is 0 Å². The molecule has 0 spiro atoms. The fourth-order valence-corrected chi connectivity index (χ4v) is 2.61. The Labute approximate surface area is 123 Å². The molecule has 1 aromatic carbocycles. The average molecular weight is 302 g/mol. The molecule has 0 aliphatic heterocycles. The van der Waals surface area contributed by atoms with Crippen LogP contribution in [0, 0.1) is 5.82 Å². The van der Waals surface area contributed by atoms with E-state index in [2.05, 4.69) is 20.5 Å². The Balaban J connectivity index is 1.71. The van der Waals surface area contributed by atoms with Crippen LogP contribution in [0.5, 0.6) is 0 Å². The largest absolute Gasteiger partial charge is 0.306 e. The maximum Gasteiger partial charge on any atom is 0.276 e. The molecule has 0 saturated carbocycles. The highest BCUT2D eigenvalue weighted by atomic mass is 32.1. The van der Waals surface area contributed by atoms with Gasteiger partial charge in [0.15, 0.2) is 0 Å². The van der Waals surface area contributed by atoms with Gasteiger partial charge >= 0.3 is 0 Å². The van der Waals surface area contributed by atoms with Crippen LogP contribution in [-0.2, 0) is 6.42 Å². The molecule has 2 aromatic heterocycles. The van der Waals surface area contributed by atoms with E-state index in [1.807, 2.05) is 0 Å². The van der Waals surface area contributed by atoms with Crippen LogP contribution in [0.4, 0.5) is 10.2 Å². The fourth-order valence-electron chi connectivity index (χ4n) is 1.81. The minimum Gasteiger partial charge on any atom is -0.306 e. The number of rotatable bonds is 4. The van der Waals surface area contributed by atoms with Gasteiger partial charge in [0.1, 0.15) is 17.3 Å². The fraction of sp³-hybridized carbons (Fsp3) is 0.0714. The number of amides is 1. The second-order valence-electron chi connectivity index (χ2n) is 4.32. The predicted molar refractivity (Wildman–Crippen MR) is 77.9 cm³/mol. The van der Waals surface area contributed by atoms with Crippen LogP contribution in [-0.4, -0.2) is 21.1 Å². The number of thiazole rings is 1. The van der Waals surface area contributed by atoms with Crippen LogP contribution in [0.2, 0.25) is 0 Å². The van der Waals surface area contributed by atoms with Crippen LogP contribution in [0.15, 0.2) is 41.9 Å². The molecule has 2 heterocycles. The normalized spacial score (nSPS) is 10.5. The van der Waals surface area contributed by atoms with E-state index in [1.54, 1.807) is 35.8 Å². The highest BCUT2D eigenvalue weighted by Crippen LogP contribution is 2.17. The third-order valence-electron chi connectivity index (χ3n) is 2.83. The average Bonchev–Trinajstić information content (AvgIpc) is 3.13. The van der Waals surface area contributed by atoms with E-state index in [-0.39, 0.29) is 11.7 Å². The van der Waals surface area contributed by atoms with Gasteiger partial charge in [-0.25, -0.2) is 9.37 Å². The van der Waals surface area contributed by atoms with Gasteiger partial charge in [-0.1, -0.05) is 18.2 Å². The Morgan fingerprint density at radius 2 is 2.19 bits per heavy atom. The van der Waals surface area contributed by atoms with E-state index in [0.717, 1.165) is 0 Å². The van der Waals surface area contributed by atoms with Gasteiger partial charge in [0, 0.05) is 17.9 Å². The Morgan fingerprint density at radius 3 is 2.95 bits per heavy atom. The van der Waals surface area contributed by atoms with Crippen molar-refractivity contribution in [3.63, 3.8) is 0 Å². The first kappa shape index (κ1) is 13.4. The van der Waals surface area contributed by atoms with E-state index in [0.29, 0.717) is 28.5 Å². The Hall–Kier alpha value is -2.54. The second kappa shape index (κ2) is 5.84. The van der Waals surface area contributed by atoms with Crippen LogP contribution < -0.4 is 5.32 Å². The highest BCUT2D eigenvalue weighted by Gasteiger charge is 2.12. The molecule has 7 heteroatoms. The molecule has 0 aliphatic carbocycles. The summed E-state index contributed by atoms with van der Waals surface area (Å²) in [5.74, 6) is -0.0879. The number of hydrogen-bond acceptors (Lipinski definition) is 4. The first-order valence-corrected chi connectivity index (χ1v) is 7.09. The van der Waals surface area contributed by atoms with Gasteiger partial charge in [-0.3, -0.25) is 9.89 Å². The van der Waals surface area contributed by atoms with Gasteiger partial charge in [0.2, 0.25) is 0 Å². The molecule has 21 heavy (non-hydrogen) atoms. The highest BCUT2D eigenvalue weighted by molar-refractivity contribution is 7.09. The van der Waals surface area contributed by atoms with Gasteiger partial charge in [-0.2, -0.15) is 5.10 Å². The van der Waals surface area contributed by atoms with Crippen molar-refractivity contribution in [1.82, 2.24) is 15.2 Å². The van der Waals surface area contributed by atoms with Gasteiger partial charge in [-0.05, 0) is 11.6 Å². The molecule has 0 saturated heterocycles. The van der Waals surface area contributed by atoms with Gasteiger partial charge < -0.3 is 5.32 Å². The third-order valence-corrected chi connectivity index (χ3v) is 3.68. The molecule has 3 aromatic rings. The van der Waals surface area contributed by atoms with Crippen molar-refractivity contribution < 1.29 is 9.18 Å². The Morgan fingerprint density at radius 1 is 1.33 bits per heavy atom. The zero-order valence-corrected chi connectivity index (χ0v) is 11.7. The van der Waals surface area contributed by atoms with E-state index < -0.39 is 0 Å². The lowest BCUT2D eigenvalue weighted by atomic mass is 10.1. The summed E-state index contributed by atoms with van der Waals surface area (Å²) in [5, 5.41) is 11.4. The predicted octanol–water partition coefficient (Wildman–Crippen LogP) is 2.85. The number of aromatic amines is 1. The lowest BCUT2D eigenvalue weighted by molar-refractivity contribution is 0.102. The first-order valence-electron chi connectivity index (χ1n) is 6.21.